The molecule has 0 saturated heterocycles. The van der Waals surface area contributed by atoms with Crippen molar-refractivity contribution in [2.45, 2.75) is 0 Å². The van der Waals surface area contributed by atoms with Crippen LogP contribution in [-0.4, -0.2) is 11.8 Å². The third-order valence-electron chi connectivity index (χ3n) is 3.87. The van der Waals surface area contributed by atoms with Crippen molar-refractivity contribution < 1.29 is 9.59 Å². The zero-order chi connectivity index (χ0) is 15.3. The second-order valence-electron chi connectivity index (χ2n) is 5.10. The fraction of sp³-hybridized carbons (Fsp3) is 0. The van der Waals surface area contributed by atoms with Gasteiger partial charge in [0.1, 0.15) is 0 Å². The standard InChI is InChI=1S/C18H10ClNO2/c19-15-10-9-14-16-12(15)7-4-8-13(16)17(21)20(18(14)22)11-5-2-1-3-6-11/h1-10H. The second kappa shape index (κ2) is 4.68. The summed E-state index contributed by atoms with van der Waals surface area (Å²) in [5.41, 5.74) is 1.56. The highest BCUT2D eigenvalue weighted by Gasteiger charge is 2.34. The Bertz CT molecular complexity index is 912. The van der Waals surface area contributed by atoms with Gasteiger partial charge in [-0.15, -0.1) is 0 Å². The molecule has 4 heteroatoms. The average molecular weight is 308 g/mol. The number of carbonyl (C=O) groups excluding carboxylic acids is 2. The van der Waals surface area contributed by atoms with Gasteiger partial charge in [-0.05, 0) is 30.3 Å². The third kappa shape index (κ3) is 1.69. The summed E-state index contributed by atoms with van der Waals surface area (Å²) in [6.45, 7) is 0. The van der Waals surface area contributed by atoms with Gasteiger partial charge < -0.3 is 0 Å². The van der Waals surface area contributed by atoms with Gasteiger partial charge in [-0.1, -0.05) is 41.9 Å². The summed E-state index contributed by atoms with van der Waals surface area (Å²) in [5, 5.41) is 1.90. The lowest BCUT2D eigenvalue weighted by Crippen LogP contribution is -2.40. The Labute approximate surface area is 131 Å². The first kappa shape index (κ1) is 13.0. The molecule has 0 unspecified atom stereocenters. The smallest absolute Gasteiger partial charge is 0.265 e. The van der Waals surface area contributed by atoms with Crippen LogP contribution in [0.1, 0.15) is 20.7 Å². The maximum absolute atomic E-state index is 12.8. The van der Waals surface area contributed by atoms with Crippen LogP contribution in [0.2, 0.25) is 5.02 Å². The minimum Gasteiger partial charge on any atom is -0.268 e. The predicted molar refractivity (Wildman–Crippen MR) is 86.5 cm³/mol. The Hall–Kier alpha value is -2.65. The van der Waals surface area contributed by atoms with Gasteiger partial charge in [0.25, 0.3) is 11.8 Å². The molecule has 3 aromatic rings. The average Bonchev–Trinajstić information content (AvgIpc) is 2.55. The molecule has 3 nitrogen and oxygen atoms in total. The summed E-state index contributed by atoms with van der Waals surface area (Å²) in [4.78, 5) is 26.8. The highest BCUT2D eigenvalue weighted by Crippen LogP contribution is 2.35. The lowest BCUT2D eigenvalue weighted by Gasteiger charge is -2.27. The summed E-state index contributed by atoms with van der Waals surface area (Å²) in [7, 11) is 0. The van der Waals surface area contributed by atoms with Crippen molar-refractivity contribution in [1.29, 1.82) is 0 Å². The maximum atomic E-state index is 12.8. The number of hydrogen-bond donors (Lipinski definition) is 0. The van der Waals surface area contributed by atoms with E-state index >= 15 is 0 Å². The van der Waals surface area contributed by atoms with Crippen molar-refractivity contribution >= 4 is 39.9 Å². The van der Waals surface area contributed by atoms with E-state index in [1.807, 2.05) is 12.1 Å². The molecule has 0 spiro atoms. The second-order valence-corrected chi connectivity index (χ2v) is 5.51. The number of para-hydroxylation sites is 1. The molecule has 1 aliphatic heterocycles. The highest BCUT2D eigenvalue weighted by molar-refractivity contribution is 6.40. The van der Waals surface area contributed by atoms with E-state index in [-0.39, 0.29) is 11.8 Å². The van der Waals surface area contributed by atoms with Crippen LogP contribution in [0.4, 0.5) is 5.69 Å². The van der Waals surface area contributed by atoms with Crippen LogP contribution < -0.4 is 4.90 Å². The van der Waals surface area contributed by atoms with Crippen LogP contribution in [0.25, 0.3) is 10.8 Å². The first-order chi connectivity index (χ1) is 10.7. The van der Waals surface area contributed by atoms with Gasteiger partial charge in [-0.25, -0.2) is 4.90 Å². The van der Waals surface area contributed by atoms with Gasteiger partial charge in [-0.2, -0.15) is 0 Å². The third-order valence-corrected chi connectivity index (χ3v) is 4.20. The molecular weight excluding hydrogens is 298 g/mol. The number of rotatable bonds is 1. The minimum absolute atomic E-state index is 0.323. The molecule has 0 bridgehead atoms. The number of anilines is 1. The fourth-order valence-corrected chi connectivity index (χ4v) is 3.09. The van der Waals surface area contributed by atoms with E-state index in [9.17, 15) is 9.59 Å². The number of imide groups is 1. The van der Waals surface area contributed by atoms with Crippen molar-refractivity contribution in [2.24, 2.45) is 0 Å². The SMILES string of the molecule is O=C1c2cccc3c(Cl)ccc(c23)C(=O)N1c1ccccc1. The fourth-order valence-electron chi connectivity index (χ4n) is 2.87. The molecule has 3 aromatic carbocycles. The van der Waals surface area contributed by atoms with Gasteiger partial charge in [0.15, 0.2) is 0 Å². The van der Waals surface area contributed by atoms with E-state index in [2.05, 4.69) is 0 Å². The van der Waals surface area contributed by atoms with Crippen LogP contribution in [0.3, 0.4) is 0 Å². The first-order valence-corrected chi connectivity index (χ1v) is 7.21. The molecule has 106 valence electrons. The summed E-state index contributed by atoms with van der Waals surface area (Å²) in [6, 6.07) is 17.6. The van der Waals surface area contributed by atoms with Crippen LogP contribution >= 0.6 is 11.6 Å². The molecule has 0 atom stereocenters. The molecule has 4 rings (SSSR count). The predicted octanol–water partition coefficient (Wildman–Crippen LogP) is 4.29. The van der Waals surface area contributed by atoms with Crippen molar-refractivity contribution in [3.05, 3.63) is 76.8 Å². The summed E-state index contributed by atoms with van der Waals surface area (Å²) < 4.78 is 0. The molecule has 2 amide bonds. The van der Waals surface area contributed by atoms with Gasteiger partial charge in [0.05, 0.1) is 5.69 Å². The molecule has 0 N–H and O–H groups in total. The van der Waals surface area contributed by atoms with E-state index in [4.69, 9.17) is 11.6 Å². The Balaban J connectivity index is 2.03. The van der Waals surface area contributed by atoms with Crippen molar-refractivity contribution in [3.63, 3.8) is 0 Å². The largest absolute Gasteiger partial charge is 0.268 e. The molecule has 1 aliphatic rings. The van der Waals surface area contributed by atoms with E-state index in [0.717, 1.165) is 5.39 Å². The molecule has 0 saturated carbocycles. The van der Waals surface area contributed by atoms with Gasteiger partial charge >= 0.3 is 0 Å². The molecule has 0 aliphatic carbocycles. The summed E-state index contributed by atoms with van der Waals surface area (Å²) in [6.07, 6.45) is 0. The van der Waals surface area contributed by atoms with Crippen LogP contribution in [0, 0.1) is 0 Å². The zero-order valence-electron chi connectivity index (χ0n) is 11.4. The van der Waals surface area contributed by atoms with Crippen molar-refractivity contribution in [3.8, 4) is 0 Å². The van der Waals surface area contributed by atoms with E-state index < -0.39 is 0 Å². The summed E-state index contributed by atoms with van der Waals surface area (Å²) in [5.74, 6) is -0.645. The Morgan fingerprint density at radius 3 is 2.14 bits per heavy atom. The van der Waals surface area contributed by atoms with Crippen molar-refractivity contribution in [1.82, 2.24) is 0 Å². The topological polar surface area (TPSA) is 37.4 Å². The van der Waals surface area contributed by atoms with Gasteiger partial charge in [-0.3, -0.25) is 9.59 Å². The minimum atomic E-state index is -0.323. The number of halogens is 1. The first-order valence-electron chi connectivity index (χ1n) is 6.83. The number of benzene rings is 3. The Morgan fingerprint density at radius 1 is 0.727 bits per heavy atom. The quantitative estimate of drug-likeness (QED) is 0.629. The van der Waals surface area contributed by atoms with Gasteiger partial charge in [0.2, 0.25) is 0 Å². The number of nitrogens with zero attached hydrogens (tertiary/aromatic N) is 1. The zero-order valence-corrected chi connectivity index (χ0v) is 12.2. The normalized spacial score (nSPS) is 13.8. The highest BCUT2D eigenvalue weighted by atomic mass is 35.5. The lowest BCUT2D eigenvalue weighted by atomic mass is 9.93. The molecular formula is C18H10ClNO2. The van der Waals surface area contributed by atoms with Crippen LogP contribution in [0.15, 0.2) is 60.7 Å². The molecule has 22 heavy (non-hydrogen) atoms. The van der Waals surface area contributed by atoms with E-state index in [1.54, 1.807) is 48.5 Å². The molecule has 0 radical (unpaired) electrons. The van der Waals surface area contributed by atoms with E-state index in [0.29, 0.717) is 27.2 Å². The van der Waals surface area contributed by atoms with E-state index in [1.165, 1.54) is 4.90 Å². The monoisotopic (exact) mass is 307 g/mol. The maximum Gasteiger partial charge on any atom is 0.265 e. The Kier molecular flexibility index (Phi) is 2.78. The van der Waals surface area contributed by atoms with Crippen LogP contribution in [-0.2, 0) is 0 Å². The van der Waals surface area contributed by atoms with Gasteiger partial charge in [0, 0.05) is 26.9 Å². The molecule has 0 fully saturated rings. The lowest BCUT2D eigenvalue weighted by molar-refractivity contribution is 0.0893. The molecule has 0 aromatic heterocycles. The molecule has 1 heterocycles. The van der Waals surface area contributed by atoms with Crippen molar-refractivity contribution in [2.75, 3.05) is 4.90 Å². The number of hydrogen-bond acceptors (Lipinski definition) is 2. The number of amides is 2. The summed E-state index contributed by atoms with van der Waals surface area (Å²) >= 11 is 6.19. The number of carbonyl (C=O) groups is 2. The Morgan fingerprint density at radius 2 is 1.41 bits per heavy atom. The van der Waals surface area contributed by atoms with Crippen LogP contribution in [0.5, 0.6) is 0 Å².